The molecule has 86 valence electrons. The van der Waals surface area contributed by atoms with Gasteiger partial charge in [-0.25, -0.2) is 4.79 Å². The minimum Gasteiger partial charge on any atom is -0.459 e. The zero-order valence-electron chi connectivity index (χ0n) is 9.12. The van der Waals surface area contributed by atoms with Crippen molar-refractivity contribution in [3.05, 3.63) is 35.4 Å². The fraction of sp³-hybridized carbons (Fsp3) is 0.462. The maximum Gasteiger partial charge on any atom is 0.338 e. The van der Waals surface area contributed by atoms with E-state index in [1.165, 1.54) is 12.8 Å². The summed E-state index contributed by atoms with van der Waals surface area (Å²) in [6.45, 7) is 0. The van der Waals surface area contributed by atoms with Crippen LogP contribution in [-0.4, -0.2) is 12.1 Å². The predicted octanol–water partition coefficient (Wildman–Crippen LogP) is 3.68. The molecule has 1 aromatic carbocycles. The first-order chi connectivity index (χ1) is 7.79. The standard InChI is InChI=1S/C13H15BrO2/c14-9-10-5-7-11(8-6-10)13(15)16-12-3-1-2-4-12/h5-8,12H,1-4,9H2. The Bertz CT molecular complexity index is 353. The van der Waals surface area contributed by atoms with Crippen molar-refractivity contribution in [1.82, 2.24) is 0 Å². The molecule has 1 saturated carbocycles. The van der Waals surface area contributed by atoms with Crippen molar-refractivity contribution in [3.63, 3.8) is 0 Å². The Morgan fingerprint density at radius 3 is 2.44 bits per heavy atom. The summed E-state index contributed by atoms with van der Waals surface area (Å²) in [5.74, 6) is -0.187. The summed E-state index contributed by atoms with van der Waals surface area (Å²) < 4.78 is 5.42. The molecule has 0 aliphatic heterocycles. The van der Waals surface area contributed by atoms with Crippen LogP contribution >= 0.6 is 15.9 Å². The molecule has 1 aliphatic rings. The van der Waals surface area contributed by atoms with E-state index in [0.29, 0.717) is 5.56 Å². The molecule has 0 amide bonds. The van der Waals surface area contributed by atoms with Crippen molar-refractivity contribution in [2.75, 3.05) is 0 Å². The molecular weight excluding hydrogens is 268 g/mol. The van der Waals surface area contributed by atoms with Crippen LogP contribution in [0.2, 0.25) is 0 Å². The molecule has 0 saturated heterocycles. The van der Waals surface area contributed by atoms with Crippen molar-refractivity contribution >= 4 is 21.9 Å². The van der Waals surface area contributed by atoms with Gasteiger partial charge in [-0.1, -0.05) is 28.1 Å². The van der Waals surface area contributed by atoms with Gasteiger partial charge in [0.25, 0.3) is 0 Å². The topological polar surface area (TPSA) is 26.3 Å². The van der Waals surface area contributed by atoms with Crippen molar-refractivity contribution in [3.8, 4) is 0 Å². The Morgan fingerprint density at radius 2 is 1.88 bits per heavy atom. The van der Waals surface area contributed by atoms with Crippen LogP contribution in [0.25, 0.3) is 0 Å². The number of ether oxygens (including phenoxy) is 1. The Balaban J connectivity index is 1.97. The van der Waals surface area contributed by atoms with Crippen molar-refractivity contribution in [2.45, 2.75) is 37.1 Å². The minimum absolute atomic E-state index is 0.142. The third kappa shape index (κ3) is 2.85. The van der Waals surface area contributed by atoms with Gasteiger partial charge in [-0.2, -0.15) is 0 Å². The van der Waals surface area contributed by atoms with E-state index in [1.807, 2.05) is 24.3 Å². The molecule has 16 heavy (non-hydrogen) atoms. The third-order valence-corrected chi connectivity index (χ3v) is 3.57. The van der Waals surface area contributed by atoms with E-state index in [9.17, 15) is 4.79 Å². The number of halogens is 1. The predicted molar refractivity (Wildman–Crippen MR) is 66.7 cm³/mol. The summed E-state index contributed by atoms with van der Waals surface area (Å²) in [7, 11) is 0. The molecule has 3 heteroatoms. The zero-order valence-corrected chi connectivity index (χ0v) is 10.7. The van der Waals surface area contributed by atoms with Crippen LogP contribution in [0.5, 0.6) is 0 Å². The molecule has 2 nitrogen and oxygen atoms in total. The van der Waals surface area contributed by atoms with Gasteiger partial charge in [0.15, 0.2) is 0 Å². The second-order valence-electron chi connectivity index (χ2n) is 4.14. The van der Waals surface area contributed by atoms with Gasteiger partial charge in [0, 0.05) is 5.33 Å². The van der Waals surface area contributed by atoms with Gasteiger partial charge >= 0.3 is 5.97 Å². The highest BCUT2D eigenvalue weighted by Crippen LogP contribution is 2.22. The first-order valence-electron chi connectivity index (χ1n) is 5.65. The van der Waals surface area contributed by atoms with Gasteiger partial charge in [-0.05, 0) is 43.4 Å². The van der Waals surface area contributed by atoms with Crippen LogP contribution in [0.15, 0.2) is 24.3 Å². The normalized spacial score (nSPS) is 16.3. The van der Waals surface area contributed by atoms with Gasteiger partial charge in [0.2, 0.25) is 0 Å². The number of benzene rings is 1. The van der Waals surface area contributed by atoms with E-state index in [2.05, 4.69) is 15.9 Å². The Hall–Kier alpha value is -0.830. The highest BCUT2D eigenvalue weighted by atomic mass is 79.9. The molecule has 0 atom stereocenters. The summed E-state index contributed by atoms with van der Waals surface area (Å²) >= 11 is 3.37. The lowest BCUT2D eigenvalue weighted by Gasteiger charge is -2.11. The van der Waals surface area contributed by atoms with Crippen LogP contribution in [0.3, 0.4) is 0 Å². The van der Waals surface area contributed by atoms with Gasteiger partial charge < -0.3 is 4.74 Å². The molecule has 1 fully saturated rings. The van der Waals surface area contributed by atoms with E-state index in [4.69, 9.17) is 4.74 Å². The number of esters is 1. The molecule has 0 heterocycles. The summed E-state index contributed by atoms with van der Waals surface area (Å²) in [6.07, 6.45) is 4.54. The molecule has 0 N–H and O–H groups in total. The number of rotatable bonds is 3. The lowest BCUT2D eigenvalue weighted by Crippen LogP contribution is -2.14. The summed E-state index contributed by atoms with van der Waals surface area (Å²) in [6, 6.07) is 7.54. The fourth-order valence-corrected chi connectivity index (χ4v) is 2.33. The molecule has 1 aliphatic carbocycles. The van der Waals surface area contributed by atoms with Gasteiger partial charge in [-0.3, -0.25) is 0 Å². The minimum atomic E-state index is -0.187. The first kappa shape index (κ1) is 11.6. The molecule has 0 radical (unpaired) electrons. The van der Waals surface area contributed by atoms with Gasteiger partial charge in [0.05, 0.1) is 5.56 Å². The van der Waals surface area contributed by atoms with E-state index >= 15 is 0 Å². The lowest BCUT2D eigenvalue weighted by atomic mass is 10.1. The Morgan fingerprint density at radius 1 is 1.25 bits per heavy atom. The second kappa shape index (κ2) is 5.48. The van der Waals surface area contributed by atoms with Gasteiger partial charge in [0.1, 0.15) is 6.10 Å². The third-order valence-electron chi connectivity index (χ3n) is 2.92. The van der Waals surface area contributed by atoms with Gasteiger partial charge in [-0.15, -0.1) is 0 Å². The molecule has 0 bridgehead atoms. The Labute approximate surface area is 104 Å². The van der Waals surface area contributed by atoms with Crippen LogP contribution in [0.1, 0.15) is 41.6 Å². The number of alkyl halides is 1. The fourth-order valence-electron chi connectivity index (χ4n) is 1.96. The summed E-state index contributed by atoms with van der Waals surface area (Å²) in [5, 5.41) is 0.810. The van der Waals surface area contributed by atoms with E-state index in [1.54, 1.807) is 0 Å². The largest absolute Gasteiger partial charge is 0.459 e. The molecular formula is C13H15BrO2. The smallest absolute Gasteiger partial charge is 0.338 e. The quantitative estimate of drug-likeness (QED) is 0.625. The van der Waals surface area contributed by atoms with Crippen molar-refractivity contribution in [2.24, 2.45) is 0 Å². The van der Waals surface area contributed by atoms with Crippen LogP contribution in [0, 0.1) is 0 Å². The first-order valence-corrected chi connectivity index (χ1v) is 6.77. The zero-order chi connectivity index (χ0) is 11.4. The maximum atomic E-state index is 11.8. The number of carbonyl (C=O) groups is 1. The van der Waals surface area contributed by atoms with E-state index < -0.39 is 0 Å². The number of carbonyl (C=O) groups excluding carboxylic acids is 1. The maximum absolute atomic E-state index is 11.8. The van der Waals surface area contributed by atoms with Crippen molar-refractivity contribution < 1.29 is 9.53 Å². The van der Waals surface area contributed by atoms with Crippen LogP contribution in [-0.2, 0) is 10.1 Å². The molecule has 0 unspecified atom stereocenters. The monoisotopic (exact) mass is 282 g/mol. The highest BCUT2D eigenvalue weighted by Gasteiger charge is 2.19. The average molecular weight is 283 g/mol. The van der Waals surface area contributed by atoms with Crippen molar-refractivity contribution in [1.29, 1.82) is 0 Å². The Kier molecular flexibility index (Phi) is 3.99. The summed E-state index contributed by atoms with van der Waals surface area (Å²) in [4.78, 5) is 11.8. The molecule has 2 rings (SSSR count). The number of hydrogen-bond donors (Lipinski definition) is 0. The van der Waals surface area contributed by atoms with E-state index in [0.717, 1.165) is 23.7 Å². The average Bonchev–Trinajstić information content (AvgIpc) is 2.82. The molecule has 0 spiro atoms. The number of hydrogen-bond acceptors (Lipinski definition) is 2. The second-order valence-corrected chi connectivity index (χ2v) is 4.70. The molecule has 1 aromatic rings. The van der Waals surface area contributed by atoms with Crippen LogP contribution in [0.4, 0.5) is 0 Å². The highest BCUT2D eigenvalue weighted by molar-refractivity contribution is 9.08. The lowest BCUT2D eigenvalue weighted by molar-refractivity contribution is 0.0318. The SMILES string of the molecule is O=C(OC1CCCC1)c1ccc(CBr)cc1. The summed E-state index contributed by atoms with van der Waals surface area (Å²) in [5.41, 5.74) is 1.81. The van der Waals surface area contributed by atoms with E-state index in [-0.39, 0.29) is 12.1 Å². The molecule has 0 aromatic heterocycles. The van der Waals surface area contributed by atoms with Crippen LogP contribution < -0.4 is 0 Å².